The van der Waals surface area contributed by atoms with Crippen molar-refractivity contribution in [2.75, 3.05) is 6.26 Å². The number of thioether (sulfide) groups is 1. The Balaban J connectivity index is 1.92. The van der Waals surface area contributed by atoms with Crippen LogP contribution in [0.1, 0.15) is 0 Å². The average molecular weight is 267 g/mol. The van der Waals surface area contributed by atoms with Gasteiger partial charge in [-0.05, 0) is 30.5 Å². The highest BCUT2D eigenvalue weighted by Gasteiger charge is 2.05. The molecule has 0 unspecified atom stereocenters. The smallest absolute Gasteiger partial charge is 0.137 e. The Morgan fingerprint density at radius 1 is 1.00 bits per heavy atom. The van der Waals surface area contributed by atoms with E-state index in [1.807, 2.05) is 24.5 Å². The summed E-state index contributed by atoms with van der Waals surface area (Å²) in [4.78, 5) is 13.1. The van der Waals surface area contributed by atoms with Gasteiger partial charge in [0, 0.05) is 28.4 Å². The normalized spacial score (nSPS) is 10.6. The molecule has 0 radical (unpaired) electrons. The number of benzene rings is 1. The predicted molar refractivity (Wildman–Crippen MR) is 79.0 cm³/mol. The third kappa shape index (κ3) is 2.53. The fraction of sp³-hybridized carbons (Fsp3) is 0.0667. The van der Waals surface area contributed by atoms with Crippen LogP contribution in [0.4, 0.5) is 0 Å². The molecule has 0 atom stereocenters. The number of nitrogens with zero attached hydrogens (tertiary/aromatic N) is 2. The van der Waals surface area contributed by atoms with Crippen molar-refractivity contribution in [3.05, 3.63) is 55.0 Å². The van der Waals surface area contributed by atoms with Crippen molar-refractivity contribution >= 4 is 11.8 Å². The van der Waals surface area contributed by atoms with Crippen LogP contribution in [-0.2, 0) is 0 Å². The molecule has 0 amide bonds. The standard InChI is InChI=1S/C15H13N3S/c1-19-13-6-4-11(5-7-13)15-17-10-14(18-15)12-3-2-8-16-9-12/h2-10H,1H3,(H,17,18). The van der Waals surface area contributed by atoms with Gasteiger partial charge in [0.1, 0.15) is 5.82 Å². The number of aromatic nitrogens is 3. The summed E-state index contributed by atoms with van der Waals surface area (Å²) in [6.45, 7) is 0. The molecule has 0 aliphatic heterocycles. The molecule has 1 N–H and O–H groups in total. The maximum atomic E-state index is 4.43. The maximum Gasteiger partial charge on any atom is 0.137 e. The lowest BCUT2D eigenvalue weighted by atomic mass is 10.2. The molecule has 3 rings (SSSR count). The monoisotopic (exact) mass is 267 g/mol. The second-order valence-corrected chi connectivity index (χ2v) is 5.00. The highest BCUT2D eigenvalue weighted by molar-refractivity contribution is 7.98. The minimum Gasteiger partial charge on any atom is -0.338 e. The Labute approximate surface area is 116 Å². The maximum absolute atomic E-state index is 4.43. The minimum absolute atomic E-state index is 0.881. The van der Waals surface area contributed by atoms with E-state index in [0.29, 0.717) is 0 Å². The molecule has 0 aliphatic carbocycles. The molecule has 1 aromatic carbocycles. The summed E-state index contributed by atoms with van der Waals surface area (Å²) < 4.78 is 0. The number of rotatable bonds is 3. The van der Waals surface area contributed by atoms with Gasteiger partial charge < -0.3 is 4.98 Å². The summed E-state index contributed by atoms with van der Waals surface area (Å²) in [5.74, 6) is 0.881. The van der Waals surface area contributed by atoms with Crippen molar-refractivity contribution in [2.24, 2.45) is 0 Å². The van der Waals surface area contributed by atoms with Crippen molar-refractivity contribution in [3.63, 3.8) is 0 Å². The molecule has 19 heavy (non-hydrogen) atoms. The fourth-order valence-corrected chi connectivity index (χ4v) is 2.29. The second-order valence-electron chi connectivity index (χ2n) is 4.12. The van der Waals surface area contributed by atoms with Gasteiger partial charge >= 0.3 is 0 Å². The molecule has 0 fully saturated rings. The minimum atomic E-state index is 0.881. The van der Waals surface area contributed by atoms with Crippen LogP contribution in [0, 0.1) is 0 Å². The van der Waals surface area contributed by atoms with E-state index in [2.05, 4.69) is 45.5 Å². The van der Waals surface area contributed by atoms with E-state index in [0.717, 1.165) is 22.6 Å². The number of aromatic amines is 1. The topological polar surface area (TPSA) is 41.6 Å². The average Bonchev–Trinajstić information content (AvgIpc) is 2.98. The lowest BCUT2D eigenvalue weighted by Crippen LogP contribution is -1.82. The van der Waals surface area contributed by atoms with Gasteiger partial charge in [-0.1, -0.05) is 12.1 Å². The molecular formula is C15H13N3S. The summed E-state index contributed by atoms with van der Waals surface area (Å²) >= 11 is 1.74. The third-order valence-corrected chi connectivity index (χ3v) is 3.66. The molecule has 0 saturated carbocycles. The van der Waals surface area contributed by atoms with Gasteiger partial charge in [-0.15, -0.1) is 11.8 Å². The zero-order valence-electron chi connectivity index (χ0n) is 10.5. The number of hydrogen-bond donors (Lipinski definition) is 1. The van der Waals surface area contributed by atoms with Crippen LogP contribution in [0.2, 0.25) is 0 Å². The van der Waals surface area contributed by atoms with E-state index in [4.69, 9.17) is 0 Å². The molecule has 3 aromatic rings. The predicted octanol–water partition coefficient (Wildman–Crippen LogP) is 3.86. The van der Waals surface area contributed by atoms with E-state index in [1.54, 1.807) is 18.0 Å². The Bertz CT molecular complexity index is 659. The molecule has 2 heterocycles. The zero-order chi connectivity index (χ0) is 13.1. The second kappa shape index (κ2) is 5.28. The Morgan fingerprint density at radius 2 is 1.84 bits per heavy atom. The van der Waals surface area contributed by atoms with Gasteiger partial charge in [-0.25, -0.2) is 4.98 Å². The van der Waals surface area contributed by atoms with Crippen LogP contribution < -0.4 is 0 Å². The van der Waals surface area contributed by atoms with Crippen LogP contribution in [0.15, 0.2) is 59.9 Å². The van der Waals surface area contributed by atoms with Gasteiger partial charge in [0.2, 0.25) is 0 Å². The SMILES string of the molecule is CSc1ccc(-c2ncc(-c3cccnc3)[nH]2)cc1. The van der Waals surface area contributed by atoms with Crippen molar-refractivity contribution in [2.45, 2.75) is 4.90 Å². The third-order valence-electron chi connectivity index (χ3n) is 2.91. The summed E-state index contributed by atoms with van der Waals surface area (Å²) in [5.41, 5.74) is 3.12. The molecule has 0 bridgehead atoms. The quantitative estimate of drug-likeness (QED) is 0.733. The van der Waals surface area contributed by atoms with Crippen LogP contribution in [-0.4, -0.2) is 21.2 Å². The summed E-state index contributed by atoms with van der Waals surface area (Å²) in [5, 5.41) is 0. The summed E-state index contributed by atoms with van der Waals surface area (Å²) in [6.07, 6.45) is 7.51. The Morgan fingerprint density at radius 3 is 2.53 bits per heavy atom. The zero-order valence-corrected chi connectivity index (χ0v) is 11.3. The molecule has 0 saturated heterocycles. The Hall–Kier alpha value is -2.07. The van der Waals surface area contributed by atoms with Crippen LogP contribution in [0.3, 0.4) is 0 Å². The molecule has 4 heteroatoms. The highest BCUT2D eigenvalue weighted by atomic mass is 32.2. The van der Waals surface area contributed by atoms with Crippen molar-refractivity contribution < 1.29 is 0 Å². The largest absolute Gasteiger partial charge is 0.338 e. The van der Waals surface area contributed by atoms with Gasteiger partial charge in [-0.3, -0.25) is 4.98 Å². The number of pyridine rings is 1. The van der Waals surface area contributed by atoms with E-state index in [-0.39, 0.29) is 0 Å². The van der Waals surface area contributed by atoms with E-state index >= 15 is 0 Å². The van der Waals surface area contributed by atoms with E-state index in [9.17, 15) is 0 Å². The first-order valence-electron chi connectivity index (χ1n) is 5.96. The molecule has 2 aromatic heterocycles. The summed E-state index contributed by atoms with van der Waals surface area (Å²) in [7, 11) is 0. The van der Waals surface area contributed by atoms with Crippen LogP contribution in [0.5, 0.6) is 0 Å². The van der Waals surface area contributed by atoms with Gasteiger partial charge in [-0.2, -0.15) is 0 Å². The molecule has 0 aliphatic rings. The van der Waals surface area contributed by atoms with Gasteiger partial charge in [0.15, 0.2) is 0 Å². The molecule has 0 spiro atoms. The fourth-order valence-electron chi connectivity index (χ4n) is 1.89. The van der Waals surface area contributed by atoms with Gasteiger partial charge in [0.05, 0.1) is 11.9 Å². The number of imidazole rings is 1. The van der Waals surface area contributed by atoms with Crippen LogP contribution >= 0.6 is 11.8 Å². The first-order chi connectivity index (χ1) is 9.36. The summed E-state index contributed by atoms with van der Waals surface area (Å²) in [6, 6.07) is 12.3. The number of hydrogen-bond acceptors (Lipinski definition) is 3. The van der Waals surface area contributed by atoms with E-state index < -0.39 is 0 Å². The lowest BCUT2D eigenvalue weighted by molar-refractivity contribution is 1.29. The van der Waals surface area contributed by atoms with Crippen molar-refractivity contribution in [3.8, 4) is 22.6 Å². The van der Waals surface area contributed by atoms with E-state index in [1.165, 1.54) is 4.90 Å². The lowest BCUT2D eigenvalue weighted by Gasteiger charge is -1.99. The van der Waals surface area contributed by atoms with Crippen molar-refractivity contribution in [1.82, 2.24) is 15.0 Å². The number of nitrogens with one attached hydrogen (secondary N) is 1. The first kappa shape index (κ1) is 12.0. The Kier molecular flexibility index (Phi) is 3.33. The van der Waals surface area contributed by atoms with Gasteiger partial charge in [0.25, 0.3) is 0 Å². The van der Waals surface area contributed by atoms with Crippen molar-refractivity contribution in [1.29, 1.82) is 0 Å². The first-order valence-corrected chi connectivity index (χ1v) is 7.19. The molecule has 94 valence electrons. The molecule has 3 nitrogen and oxygen atoms in total. The number of H-pyrrole nitrogens is 1. The van der Waals surface area contributed by atoms with Crippen LogP contribution in [0.25, 0.3) is 22.6 Å². The molecular weight excluding hydrogens is 254 g/mol. The highest BCUT2D eigenvalue weighted by Crippen LogP contribution is 2.23.